The van der Waals surface area contributed by atoms with Gasteiger partial charge in [0.2, 0.25) is 0 Å². The van der Waals surface area contributed by atoms with Gasteiger partial charge < -0.3 is 15.2 Å². The van der Waals surface area contributed by atoms with E-state index in [1.54, 1.807) is 0 Å². The second-order valence-corrected chi connectivity index (χ2v) is 5.03. The van der Waals surface area contributed by atoms with Gasteiger partial charge in [-0.2, -0.15) is 0 Å². The van der Waals surface area contributed by atoms with Crippen molar-refractivity contribution in [3.63, 3.8) is 0 Å². The summed E-state index contributed by atoms with van der Waals surface area (Å²) >= 11 is 0. The number of aliphatic hydroxyl groups excluding tert-OH is 1. The molecule has 0 aliphatic rings. The van der Waals surface area contributed by atoms with Crippen molar-refractivity contribution in [3.8, 4) is 5.75 Å². The molecule has 0 fully saturated rings. The molecule has 0 aliphatic carbocycles. The van der Waals surface area contributed by atoms with Gasteiger partial charge in [-0.3, -0.25) is 0 Å². The number of nitrogens with one attached hydrogen (secondary N) is 1. The molecule has 0 bridgehead atoms. The Morgan fingerprint density at radius 3 is 2.32 bits per heavy atom. The molecule has 0 heterocycles. The van der Waals surface area contributed by atoms with Crippen molar-refractivity contribution < 1.29 is 9.84 Å². The number of aliphatic hydroxyl groups is 1. The van der Waals surface area contributed by atoms with Gasteiger partial charge >= 0.3 is 0 Å². The van der Waals surface area contributed by atoms with E-state index in [4.69, 9.17) is 9.84 Å². The van der Waals surface area contributed by atoms with Gasteiger partial charge in [0, 0.05) is 13.0 Å². The summed E-state index contributed by atoms with van der Waals surface area (Å²) in [6.07, 6.45) is 1.64. The van der Waals surface area contributed by atoms with Crippen LogP contribution in [0.15, 0.2) is 54.6 Å². The van der Waals surface area contributed by atoms with Crippen LogP contribution in [0.1, 0.15) is 23.7 Å². The first-order valence-electron chi connectivity index (χ1n) is 7.39. The first kappa shape index (κ1) is 18.5. The summed E-state index contributed by atoms with van der Waals surface area (Å²) in [5, 5.41) is 12.1. The van der Waals surface area contributed by atoms with Gasteiger partial charge in [-0.1, -0.05) is 42.5 Å². The minimum absolute atomic E-state index is 0. The van der Waals surface area contributed by atoms with Crippen molar-refractivity contribution in [2.75, 3.05) is 20.2 Å². The second kappa shape index (κ2) is 10.2. The quantitative estimate of drug-likeness (QED) is 0.783. The maximum absolute atomic E-state index is 8.94. The van der Waals surface area contributed by atoms with Crippen LogP contribution in [0.3, 0.4) is 0 Å². The van der Waals surface area contributed by atoms with E-state index in [0.29, 0.717) is 6.42 Å². The standard InChI is InChI=1S/C18H23NO2.ClH/c1-19-13-11-18(16-5-3-2-4-6-16)21-17-9-7-15(8-10-17)12-14-20;/h2-10,18-20H,11-14H2,1H3;1H. The molecule has 0 aromatic heterocycles. The molecule has 0 saturated heterocycles. The summed E-state index contributed by atoms with van der Waals surface area (Å²) in [6.45, 7) is 1.08. The topological polar surface area (TPSA) is 41.5 Å². The minimum atomic E-state index is 0. The fraction of sp³-hybridized carbons (Fsp3) is 0.333. The van der Waals surface area contributed by atoms with E-state index in [-0.39, 0.29) is 25.1 Å². The maximum Gasteiger partial charge on any atom is 0.125 e. The van der Waals surface area contributed by atoms with Crippen molar-refractivity contribution in [1.29, 1.82) is 0 Å². The first-order valence-corrected chi connectivity index (χ1v) is 7.39. The Hall–Kier alpha value is -1.55. The average molecular weight is 322 g/mol. The van der Waals surface area contributed by atoms with E-state index in [0.717, 1.165) is 24.3 Å². The first-order chi connectivity index (χ1) is 10.3. The predicted octanol–water partition coefficient (Wildman–Crippen LogP) is 3.37. The Balaban J connectivity index is 0.00000242. The van der Waals surface area contributed by atoms with E-state index in [1.165, 1.54) is 5.56 Å². The van der Waals surface area contributed by atoms with Gasteiger partial charge in [0.05, 0.1) is 0 Å². The van der Waals surface area contributed by atoms with Gasteiger partial charge in [0.1, 0.15) is 11.9 Å². The zero-order valence-electron chi connectivity index (χ0n) is 12.9. The third kappa shape index (κ3) is 5.68. The highest BCUT2D eigenvalue weighted by Gasteiger charge is 2.12. The smallest absolute Gasteiger partial charge is 0.125 e. The summed E-state index contributed by atoms with van der Waals surface area (Å²) in [7, 11) is 1.95. The molecule has 2 rings (SSSR count). The molecule has 0 radical (unpaired) electrons. The van der Waals surface area contributed by atoms with Crippen molar-refractivity contribution in [2.24, 2.45) is 0 Å². The third-order valence-corrected chi connectivity index (χ3v) is 3.43. The highest BCUT2D eigenvalue weighted by Crippen LogP contribution is 2.24. The monoisotopic (exact) mass is 321 g/mol. The lowest BCUT2D eigenvalue weighted by molar-refractivity contribution is 0.195. The van der Waals surface area contributed by atoms with Crippen LogP contribution >= 0.6 is 12.4 Å². The highest BCUT2D eigenvalue weighted by atomic mass is 35.5. The van der Waals surface area contributed by atoms with Crippen LogP contribution in [0.2, 0.25) is 0 Å². The van der Waals surface area contributed by atoms with Crippen molar-refractivity contribution in [1.82, 2.24) is 5.32 Å². The zero-order chi connectivity index (χ0) is 14.9. The van der Waals surface area contributed by atoms with Crippen LogP contribution in [-0.4, -0.2) is 25.3 Å². The Morgan fingerprint density at radius 1 is 1.05 bits per heavy atom. The fourth-order valence-electron chi connectivity index (χ4n) is 2.26. The van der Waals surface area contributed by atoms with Crippen LogP contribution in [-0.2, 0) is 6.42 Å². The molecule has 3 nitrogen and oxygen atoms in total. The highest BCUT2D eigenvalue weighted by molar-refractivity contribution is 5.85. The number of ether oxygens (including phenoxy) is 1. The van der Waals surface area contributed by atoms with Gasteiger partial charge in [-0.25, -0.2) is 0 Å². The summed E-state index contributed by atoms with van der Waals surface area (Å²) in [6, 6.07) is 18.2. The van der Waals surface area contributed by atoms with E-state index < -0.39 is 0 Å². The number of rotatable bonds is 8. The van der Waals surface area contributed by atoms with E-state index >= 15 is 0 Å². The molecule has 120 valence electrons. The number of hydrogen-bond acceptors (Lipinski definition) is 3. The van der Waals surface area contributed by atoms with Gasteiger partial charge in [0.15, 0.2) is 0 Å². The summed E-state index contributed by atoms with van der Waals surface area (Å²) in [4.78, 5) is 0. The molecular weight excluding hydrogens is 298 g/mol. The van der Waals surface area contributed by atoms with Crippen LogP contribution in [0.5, 0.6) is 5.75 Å². The molecule has 0 spiro atoms. The number of benzene rings is 2. The Kier molecular flexibility index (Phi) is 8.60. The van der Waals surface area contributed by atoms with Crippen molar-refractivity contribution in [2.45, 2.75) is 18.9 Å². The third-order valence-electron chi connectivity index (χ3n) is 3.43. The molecule has 0 aliphatic heterocycles. The molecule has 4 heteroatoms. The van der Waals surface area contributed by atoms with Crippen molar-refractivity contribution >= 4 is 12.4 Å². The molecule has 2 N–H and O–H groups in total. The van der Waals surface area contributed by atoms with Crippen molar-refractivity contribution in [3.05, 3.63) is 65.7 Å². The molecule has 2 aromatic carbocycles. The molecule has 0 saturated carbocycles. The summed E-state index contributed by atoms with van der Waals surface area (Å²) in [5.74, 6) is 0.863. The normalized spacial score (nSPS) is 11.5. The van der Waals surface area contributed by atoms with Crippen LogP contribution in [0, 0.1) is 0 Å². The van der Waals surface area contributed by atoms with Gasteiger partial charge in [-0.05, 0) is 43.3 Å². The van der Waals surface area contributed by atoms with Crippen LogP contribution < -0.4 is 10.1 Å². The van der Waals surface area contributed by atoms with E-state index in [1.807, 2.05) is 49.5 Å². The number of hydrogen-bond donors (Lipinski definition) is 2. The minimum Gasteiger partial charge on any atom is -0.486 e. The molecule has 1 unspecified atom stereocenters. The van der Waals surface area contributed by atoms with Crippen LogP contribution in [0.4, 0.5) is 0 Å². The average Bonchev–Trinajstić information content (AvgIpc) is 2.54. The van der Waals surface area contributed by atoms with Gasteiger partial charge in [0.25, 0.3) is 0 Å². The predicted molar refractivity (Wildman–Crippen MR) is 92.8 cm³/mol. The lowest BCUT2D eigenvalue weighted by Crippen LogP contribution is -2.16. The second-order valence-electron chi connectivity index (χ2n) is 5.03. The molecule has 2 aromatic rings. The maximum atomic E-state index is 8.94. The SMILES string of the molecule is CNCCC(Oc1ccc(CCO)cc1)c1ccccc1.Cl. The zero-order valence-corrected chi connectivity index (χ0v) is 13.7. The Labute approximate surface area is 138 Å². The molecule has 22 heavy (non-hydrogen) atoms. The lowest BCUT2D eigenvalue weighted by atomic mass is 10.1. The Morgan fingerprint density at radius 2 is 1.73 bits per heavy atom. The number of halogens is 1. The lowest BCUT2D eigenvalue weighted by Gasteiger charge is -2.20. The van der Waals surface area contributed by atoms with E-state index in [2.05, 4.69) is 17.4 Å². The molecular formula is C18H24ClNO2. The summed E-state index contributed by atoms with van der Waals surface area (Å²) in [5.41, 5.74) is 2.31. The van der Waals surface area contributed by atoms with Gasteiger partial charge in [-0.15, -0.1) is 12.4 Å². The molecule has 1 atom stereocenters. The Bertz CT molecular complexity index is 516. The van der Waals surface area contributed by atoms with Crippen LogP contribution in [0.25, 0.3) is 0 Å². The largest absolute Gasteiger partial charge is 0.486 e. The van der Waals surface area contributed by atoms with E-state index in [9.17, 15) is 0 Å². The summed E-state index contributed by atoms with van der Waals surface area (Å²) < 4.78 is 6.13. The fourth-order valence-corrected chi connectivity index (χ4v) is 2.26. The molecule has 0 amide bonds.